The summed E-state index contributed by atoms with van der Waals surface area (Å²) in [6, 6.07) is 1.55. The summed E-state index contributed by atoms with van der Waals surface area (Å²) in [5.41, 5.74) is 12.3. The molecule has 0 bridgehead atoms. The number of nitrogen functional groups attached to an aromatic ring is 1. The summed E-state index contributed by atoms with van der Waals surface area (Å²) in [7, 11) is 0. The summed E-state index contributed by atoms with van der Waals surface area (Å²) in [5, 5.41) is 12.8. The van der Waals surface area contributed by atoms with E-state index in [2.05, 4.69) is 26.7 Å². The smallest absolute Gasteiger partial charge is 0.341 e. The molecular formula is C19H19FN6O3. The van der Waals surface area contributed by atoms with Gasteiger partial charge in [0, 0.05) is 17.8 Å². The van der Waals surface area contributed by atoms with Crippen LogP contribution in [0.15, 0.2) is 70.3 Å². The van der Waals surface area contributed by atoms with E-state index in [1.54, 1.807) is 31.2 Å². The fourth-order valence-corrected chi connectivity index (χ4v) is 2.07. The van der Waals surface area contributed by atoms with Gasteiger partial charge in [-0.1, -0.05) is 30.0 Å². The average Bonchev–Trinajstić information content (AvgIpc) is 3.20. The van der Waals surface area contributed by atoms with Gasteiger partial charge in [0.15, 0.2) is 5.82 Å². The lowest BCUT2D eigenvalue weighted by Crippen LogP contribution is -2.12. The highest BCUT2D eigenvalue weighted by atomic mass is 19.1. The molecule has 2 rings (SSSR count). The van der Waals surface area contributed by atoms with Gasteiger partial charge in [-0.2, -0.15) is 0 Å². The Labute approximate surface area is 165 Å². The van der Waals surface area contributed by atoms with E-state index >= 15 is 0 Å². The molecule has 2 aromatic heterocycles. The van der Waals surface area contributed by atoms with Gasteiger partial charge in [-0.25, -0.2) is 19.2 Å². The summed E-state index contributed by atoms with van der Waals surface area (Å²) in [6.45, 7) is 5.06. The van der Waals surface area contributed by atoms with Gasteiger partial charge in [-0.05, 0) is 13.0 Å². The third-order valence-electron chi connectivity index (χ3n) is 3.56. The van der Waals surface area contributed by atoms with Crippen molar-refractivity contribution in [2.75, 3.05) is 12.3 Å². The van der Waals surface area contributed by atoms with Crippen LogP contribution in [0.2, 0.25) is 0 Å². The number of aliphatic imine (C=N–C) groups is 1. The van der Waals surface area contributed by atoms with Crippen LogP contribution >= 0.6 is 0 Å². The van der Waals surface area contributed by atoms with Crippen molar-refractivity contribution < 1.29 is 18.8 Å². The summed E-state index contributed by atoms with van der Waals surface area (Å²) in [6.07, 6.45) is 8.76. The van der Waals surface area contributed by atoms with Crippen molar-refractivity contribution in [1.29, 1.82) is 0 Å². The zero-order valence-electron chi connectivity index (χ0n) is 15.5. The van der Waals surface area contributed by atoms with Crippen LogP contribution in [0.5, 0.6) is 0 Å². The summed E-state index contributed by atoms with van der Waals surface area (Å²) in [5.74, 6) is -2.11. The van der Waals surface area contributed by atoms with Crippen molar-refractivity contribution in [2.45, 2.75) is 6.92 Å². The maximum absolute atomic E-state index is 13.6. The van der Waals surface area contributed by atoms with Crippen LogP contribution < -0.4 is 11.5 Å². The number of carboxylic acid groups (broad SMARTS) is 1. The number of anilines is 1. The Hall–Kier alpha value is -4.08. The highest BCUT2D eigenvalue weighted by molar-refractivity contribution is 6.10. The quantitative estimate of drug-likeness (QED) is 0.453. The summed E-state index contributed by atoms with van der Waals surface area (Å²) >= 11 is 0. The van der Waals surface area contributed by atoms with Gasteiger partial charge < -0.3 is 21.1 Å². The van der Waals surface area contributed by atoms with Crippen LogP contribution in [0.3, 0.4) is 0 Å². The number of allylic oxidation sites excluding steroid dienone is 4. The van der Waals surface area contributed by atoms with E-state index in [9.17, 15) is 9.18 Å². The van der Waals surface area contributed by atoms with E-state index in [1.165, 1.54) is 12.3 Å². The van der Waals surface area contributed by atoms with Crippen LogP contribution in [0.25, 0.3) is 5.70 Å². The number of carboxylic acids is 1. The molecule has 2 aromatic rings. The molecule has 0 aliphatic rings. The molecule has 0 unspecified atom stereocenters. The van der Waals surface area contributed by atoms with Gasteiger partial charge in [0.05, 0.1) is 18.0 Å². The lowest BCUT2D eigenvalue weighted by atomic mass is 10.2. The Morgan fingerprint density at radius 1 is 1.48 bits per heavy atom. The minimum atomic E-state index is -1.26. The molecule has 10 heteroatoms. The molecule has 0 spiro atoms. The second-order valence-electron chi connectivity index (χ2n) is 5.61. The number of hydrogen-bond donors (Lipinski definition) is 3. The molecule has 0 saturated carbocycles. The SMILES string of the molecule is C=C(F)/C(=C\C=C/C)CN=C(C=C(N)c1ncc(C(=O)O)c(N)n1)c1ccon1. The maximum Gasteiger partial charge on any atom is 0.341 e. The lowest BCUT2D eigenvalue weighted by Gasteiger charge is -2.05. The highest BCUT2D eigenvalue weighted by Gasteiger charge is 2.13. The Morgan fingerprint density at radius 2 is 2.24 bits per heavy atom. The van der Waals surface area contributed by atoms with E-state index in [0.29, 0.717) is 5.69 Å². The standard InChI is InChI=1S/C19H19FN6O3/c1-3-4-5-12(11(2)20)9-23-16(15-6-7-29-26-15)8-14(21)18-24-10-13(19(27)28)17(22)25-18/h3-8,10H,2,9,21H2,1H3,(H,27,28)(H2,22,24,25)/b4-3-,12-5-,14-8?,23-16?. The number of carbonyl (C=O) groups is 1. The van der Waals surface area contributed by atoms with Crippen LogP contribution in [0.4, 0.5) is 10.2 Å². The minimum Gasteiger partial charge on any atom is -0.477 e. The van der Waals surface area contributed by atoms with Crippen molar-refractivity contribution in [2.24, 2.45) is 10.7 Å². The van der Waals surface area contributed by atoms with Crippen molar-refractivity contribution in [3.05, 3.63) is 77.9 Å². The van der Waals surface area contributed by atoms with Crippen LogP contribution in [0.1, 0.15) is 28.8 Å². The first kappa shape index (κ1) is 21.2. The fourth-order valence-electron chi connectivity index (χ4n) is 2.07. The van der Waals surface area contributed by atoms with Gasteiger partial charge in [0.2, 0.25) is 0 Å². The first-order valence-corrected chi connectivity index (χ1v) is 8.28. The van der Waals surface area contributed by atoms with E-state index in [0.717, 1.165) is 6.20 Å². The second kappa shape index (κ2) is 9.74. The third-order valence-corrected chi connectivity index (χ3v) is 3.56. The number of halogens is 1. The van der Waals surface area contributed by atoms with Gasteiger partial charge in [0.1, 0.15) is 29.2 Å². The van der Waals surface area contributed by atoms with Crippen molar-refractivity contribution in [1.82, 2.24) is 15.1 Å². The second-order valence-corrected chi connectivity index (χ2v) is 5.61. The first-order chi connectivity index (χ1) is 13.8. The number of aromatic carboxylic acids is 1. The molecule has 0 radical (unpaired) electrons. The predicted octanol–water partition coefficient (Wildman–Crippen LogP) is 2.52. The van der Waals surface area contributed by atoms with Crippen molar-refractivity contribution in [3.63, 3.8) is 0 Å². The third kappa shape index (κ3) is 5.70. The van der Waals surface area contributed by atoms with Crippen LogP contribution in [-0.2, 0) is 0 Å². The molecule has 29 heavy (non-hydrogen) atoms. The van der Waals surface area contributed by atoms with Gasteiger partial charge >= 0.3 is 5.97 Å². The summed E-state index contributed by atoms with van der Waals surface area (Å²) in [4.78, 5) is 23.1. The van der Waals surface area contributed by atoms with Crippen molar-refractivity contribution >= 4 is 23.2 Å². The number of hydrogen-bond acceptors (Lipinski definition) is 8. The molecular weight excluding hydrogens is 379 g/mol. The topological polar surface area (TPSA) is 154 Å². The van der Waals surface area contributed by atoms with Gasteiger partial charge in [0.25, 0.3) is 0 Å². The largest absolute Gasteiger partial charge is 0.477 e. The van der Waals surface area contributed by atoms with E-state index in [-0.39, 0.29) is 40.7 Å². The molecule has 2 heterocycles. The highest BCUT2D eigenvalue weighted by Crippen LogP contribution is 2.14. The Kier molecular flexibility index (Phi) is 7.13. The Morgan fingerprint density at radius 3 is 2.79 bits per heavy atom. The first-order valence-electron chi connectivity index (χ1n) is 8.28. The zero-order chi connectivity index (χ0) is 21.4. The minimum absolute atomic E-state index is 0.00304. The monoisotopic (exact) mass is 398 g/mol. The van der Waals surface area contributed by atoms with E-state index in [4.69, 9.17) is 21.1 Å². The molecule has 9 nitrogen and oxygen atoms in total. The van der Waals surface area contributed by atoms with Crippen LogP contribution in [-0.4, -0.2) is 38.5 Å². The lowest BCUT2D eigenvalue weighted by molar-refractivity contribution is 0.0697. The Bertz CT molecular complexity index is 1020. The van der Waals surface area contributed by atoms with Gasteiger partial charge in [-0.15, -0.1) is 0 Å². The van der Waals surface area contributed by atoms with E-state index < -0.39 is 11.8 Å². The molecule has 0 atom stereocenters. The molecule has 0 aliphatic heterocycles. The predicted molar refractivity (Wildman–Crippen MR) is 107 cm³/mol. The molecule has 0 fully saturated rings. The number of aromatic nitrogens is 3. The molecule has 0 aliphatic carbocycles. The fraction of sp³-hybridized carbons (Fsp3) is 0.105. The normalized spacial score (nSPS) is 13.1. The zero-order valence-corrected chi connectivity index (χ0v) is 15.5. The molecule has 0 amide bonds. The van der Waals surface area contributed by atoms with Gasteiger partial charge in [-0.3, -0.25) is 4.99 Å². The number of rotatable bonds is 8. The Balaban J connectivity index is 2.42. The van der Waals surface area contributed by atoms with E-state index in [1.807, 2.05) is 0 Å². The molecule has 0 saturated heterocycles. The van der Waals surface area contributed by atoms with Crippen LogP contribution in [0, 0.1) is 0 Å². The molecule has 5 N–H and O–H groups in total. The number of nitrogens with two attached hydrogens (primary N) is 2. The molecule has 0 aromatic carbocycles. The summed E-state index contributed by atoms with van der Waals surface area (Å²) < 4.78 is 18.5. The maximum atomic E-state index is 13.6. The van der Waals surface area contributed by atoms with Crippen molar-refractivity contribution in [3.8, 4) is 0 Å². The molecule has 150 valence electrons. The number of nitrogens with zero attached hydrogens (tertiary/aromatic N) is 4. The average molecular weight is 398 g/mol.